The highest BCUT2D eigenvalue weighted by Gasteiger charge is 2.05. The molecule has 0 spiro atoms. The minimum absolute atomic E-state index is 0.287. The summed E-state index contributed by atoms with van der Waals surface area (Å²) in [6, 6.07) is 1.99. The van der Waals surface area contributed by atoms with Crippen molar-refractivity contribution in [3.05, 3.63) is 41.4 Å². The summed E-state index contributed by atoms with van der Waals surface area (Å²) >= 11 is 0. The van der Waals surface area contributed by atoms with Crippen LogP contribution in [-0.4, -0.2) is 4.98 Å². The Hall–Kier alpha value is -1.22. The number of nitrogens with two attached hydrogens (primary N) is 1. The highest BCUT2D eigenvalue weighted by molar-refractivity contribution is 8.22. The molecule has 0 fully saturated rings. The van der Waals surface area contributed by atoms with Crippen molar-refractivity contribution < 1.29 is 0 Å². The molecule has 1 aromatic rings. The number of nitrogen functional groups attached to an aromatic ring is 1. The van der Waals surface area contributed by atoms with Gasteiger partial charge in [-0.05, 0) is 16.9 Å². The molecule has 0 aliphatic carbocycles. The van der Waals surface area contributed by atoms with E-state index in [0.717, 1.165) is 5.69 Å². The van der Waals surface area contributed by atoms with Crippen LogP contribution >= 0.6 is 10.9 Å². The third-order valence-corrected chi connectivity index (χ3v) is 3.66. The molecule has 0 bridgehead atoms. The van der Waals surface area contributed by atoms with Gasteiger partial charge in [0.15, 0.2) is 0 Å². The van der Waals surface area contributed by atoms with Crippen molar-refractivity contribution in [3.8, 4) is 0 Å². The number of pyridine rings is 1. The number of anilines is 1. The molecule has 0 atom stereocenters. The Morgan fingerprint density at radius 3 is 2.67 bits per heavy atom. The standard InChI is InChI=1S/C9H10N2S/c10-8-7-11-4-3-9(8)12-5-1-2-6-12/h1-7,12H,10H2. The van der Waals surface area contributed by atoms with Crippen LogP contribution in [0.15, 0.2) is 46.3 Å². The first-order valence-electron chi connectivity index (χ1n) is 3.71. The number of aromatic nitrogens is 1. The lowest BCUT2D eigenvalue weighted by atomic mass is 10.4. The Kier molecular flexibility index (Phi) is 1.87. The zero-order valence-electron chi connectivity index (χ0n) is 6.51. The van der Waals surface area contributed by atoms with E-state index in [0.29, 0.717) is 0 Å². The van der Waals surface area contributed by atoms with Crippen LogP contribution in [0.2, 0.25) is 0 Å². The highest BCUT2D eigenvalue weighted by Crippen LogP contribution is 2.44. The summed E-state index contributed by atoms with van der Waals surface area (Å²) in [4.78, 5) is 5.15. The summed E-state index contributed by atoms with van der Waals surface area (Å²) < 4.78 is 0. The molecule has 2 rings (SSSR count). The number of hydrogen-bond acceptors (Lipinski definition) is 2. The van der Waals surface area contributed by atoms with Crippen molar-refractivity contribution in [2.75, 3.05) is 5.73 Å². The quantitative estimate of drug-likeness (QED) is 0.646. The van der Waals surface area contributed by atoms with Crippen molar-refractivity contribution in [2.45, 2.75) is 4.90 Å². The zero-order chi connectivity index (χ0) is 8.39. The Morgan fingerprint density at radius 1 is 1.25 bits per heavy atom. The second kappa shape index (κ2) is 3.03. The molecule has 2 N–H and O–H groups in total. The molecule has 0 radical (unpaired) electrons. The van der Waals surface area contributed by atoms with E-state index in [-0.39, 0.29) is 10.9 Å². The predicted octanol–water partition coefficient (Wildman–Crippen LogP) is 2.06. The van der Waals surface area contributed by atoms with E-state index >= 15 is 0 Å². The Balaban J connectivity index is 2.39. The van der Waals surface area contributed by atoms with Crippen molar-refractivity contribution in [3.63, 3.8) is 0 Å². The van der Waals surface area contributed by atoms with E-state index in [4.69, 9.17) is 5.73 Å². The molecule has 62 valence electrons. The monoisotopic (exact) mass is 178 g/mol. The minimum atomic E-state index is -0.287. The van der Waals surface area contributed by atoms with Gasteiger partial charge in [0, 0.05) is 11.1 Å². The maximum absolute atomic E-state index is 5.79. The van der Waals surface area contributed by atoms with Crippen LogP contribution in [0.25, 0.3) is 0 Å². The number of rotatable bonds is 1. The molecule has 2 heterocycles. The average molecular weight is 178 g/mol. The minimum Gasteiger partial charge on any atom is -0.397 e. The van der Waals surface area contributed by atoms with E-state index in [1.165, 1.54) is 4.90 Å². The first-order valence-corrected chi connectivity index (χ1v) is 5.19. The van der Waals surface area contributed by atoms with Gasteiger partial charge in [-0.3, -0.25) is 4.98 Å². The van der Waals surface area contributed by atoms with E-state index in [9.17, 15) is 0 Å². The number of thiol groups is 1. The molecule has 1 aliphatic rings. The summed E-state index contributed by atoms with van der Waals surface area (Å²) in [6.45, 7) is 0. The van der Waals surface area contributed by atoms with Crippen molar-refractivity contribution >= 4 is 16.6 Å². The van der Waals surface area contributed by atoms with E-state index in [2.05, 4.69) is 28.0 Å². The van der Waals surface area contributed by atoms with Crippen LogP contribution < -0.4 is 5.73 Å². The highest BCUT2D eigenvalue weighted by atomic mass is 32.2. The number of nitrogens with zero attached hydrogens (tertiary/aromatic N) is 1. The zero-order valence-corrected chi connectivity index (χ0v) is 7.41. The second-order valence-electron chi connectivity index (χ2n) is 2.52. The lowest BCUT2D eigenvalue weighted by Gasteiger charge is -2.11. The second-order valence-corrected chi connectivity index (χ2v) is 4.42. The smallest absolute Gasteiger partial charge is 0.0627 e. The fraction of sp³-hybridized carbons (Fsp3) is 0. The van der Waals surface area contributed by atoms with Gasteiger partial charge >= 0.3 is 0 Å². The van der Waals surface area contributed by atoms with Gasteiger partial charge in [0.1, 0.15) is 0 Å². The van der Waals surface area contributed by atoms with Crippen LogP contribution in [0.5, 0.6) is 0 Å². The molecule has 0 unspecified atom stereocenters. The molecule has 12 heavy (non-hydrogen) atoms. The third-order valence-electron chi connectivity index (χ3n) is 1.71. The summed E-state index contributed by atoms with van der Waals surface area (Å²) in [6.07, 6.45) is 7.61. The maximum atomic E-state index is 5.79. The van der Waals surface area contributed by atoms with Gasteiger partial charge in [-0.25, -0.2) is 0 Å². The molecular weight excluding hydrogens is 168 g/mol. The van der Waals surface area contributed by atoms with E-state index < -0.39 is 0 Å². The molecule has 0 aromatic carbocycles. The third kappa shape index (κ3) is 1.23. The first kappa shape index (κ1) is 7.43. The summed E-state index contributed by atoms with van der Waals surface area (Å²) in [7, 11) is -0.287. The van der Waals surface area contributed by atoms with Gasteiger partial charge < -0.3 is 5.73 Å². The van der Waals surface area contributed by atoms with Gasteiger partial charge in [-0.2, -0.15) is 10.9 Å². The van der Waals surface area contributed by atoms with E-state index in [1.807, 2.05) is 6.07 Å². The van der Waals surface area contributed by atoms with E-state index in [1.54, 1.807) is 12.4 Å². The topological polar surface area (TPSA) is 38.9 Å². The lowest BCUT2D eigenvalue weighted by Crippen LogP contribution is -1.90. The van der Waals surface area contributed by atoms with Crippen LogP contribution in [0, 0.1) is 0 Å². The predicted molar refractivity (Wildman–Crippen MR) is 54.2 cm³/mol. The molecule has 0 amide bonds. The first-order chi connectivity index (χ1) is 5.88. The molecule has 0 saturated heterocycles. The molecule has 2 nitrogen and oxygen atoms in total. The molecule has 1 aromatic heterocycles. The van der Waals surface area contributed by atoms with Gasteiger partial charge in [-0.15, -0.1) is 0 Å². The Morgan fingerprint density at radius 2 is 2.00 bits per heavy atom. The Labute approximate surface area is 74.2 Å². The fourth-order valence-corrected chi connectivity index (χ4v) is 2.71. The molecule has 3 heteroatoms. The Bertz CT molecular complexity index is 332. The number of hydrogen-bond donors (Lipinski definition) is 2. The van der Waals surface area contributed by atoms with Gasteiger partial charge in [0.2, 0.25) is 0 Å². The van der Waals surface area contributed by atoms with Crippen LogP contribution in [0.4, 0.5) is 5.69 Å². The molecule has 0 saturated carbocycles. The summed E-state index contributed by atoms with van der Waals surface area (Å²) in [5.41, 5.74) is 6.58. The maximum Gasteiger partial charge on any atom is 0.0627 e. The largest absolute Gasteiger partial charge is 0.397 e. The van der Waals surface area contributed by atoms with Crippen molar-refractivity contribution in [2.24, 2.45) is 0 Å². The van der Waals surface area contributed by atoms with Gasteiger partial charge in [0.05, 0.1) is 11.9 Å². The van der Waals surface area contributed by atoms with Crippen LogP contribution in [0.3, 0.4) is 0 Å². The SMILES string of the molecule is Nc1cnccc1[SH]1C=CC=C1. The molecular formula is C9H10N2S. The summed E-state index contributed by atoms with van der Waals surface area (Å²) in [5, 5.41) is 4.36. The van der Waals surface area contributed by atoms with Gasteiger partial charge in [-0.1, -0.05) is 12.2 Å². The van der Waals surface area contributed by atoms with Crippen molar-refractivity contribution in [1.29, 1.82) is 0 Å². The lowest BCUT2D eigenvalue weighted by molar-refractivity contribution is 1.27. The van der Waals surface area contributed by atoms with Crippen LogP contribution in [0.1, 0.15) is 0 Å². The number of allylic oxidation sites excluding steroid dienone is 2. The fourth-order valence-electron chi connectivity index (χ4n) is 1.13. The van der Waals surface area contributed by atoms with Gasteiger partial charge in [0.25, 0.3) is 0 Å². The summed E-state index contributed by atoms with van der Waals surface area (Å²) in [5.74, 6) is 0. The normalized spacial score (nSPS) is 17.2. The molecule has 1 aliphatic heterocycles. The van der Waals surface area contributed by atoms with Crippen LogP contribution in [-0.2, 0) is 0 Å². The average Bonchev–Trinajstić information content (AvgIpc) is 2.57. The van der Waals surface area contributed by atoms with Crippen molar-refractivity contribution in [1.82, 2.24) is 4.98 Å².